The van der Waals surface area contributed by atoms with Gasteiger partial charge < -0.3 is 21.0 Å². The van der Waals surface area contributed by atoms with Gasteiger partial charge in [-0.2, -0.15) is 50.2 Å². The second-order valence-electron chi connectivity index (χ2n) is 8.83. The molecule has 8 N–H and O–H groups in total. The Kier molecular flexibility index (Phi) is 10.4. The van der Waals surface area contributed by atoms with Crippen molar-refractivity contribution in [1.29, 1.82) is 0 Å². The van der Waals surface area contributed by atoms with Crippen molar-refractivity contribution in [2.75, 3.05) is 23.6 Å². The molecule has 0 saturated heterocycles. The first kappa shape index (κ1) is 35.8. The van der Waals surface area contributed by atoms with Gasteiger partial charge in [-0.3, -0.25) is 19.1 Å². The van der Waals surface area contributed by atoms with Gasteiger partial charge in [0.25, 0.3) is 30.4 Å². The molecule has 0 fully saturated rings. The standard InChI is InChI=1S/C23H20ClN9O12S3/c1-44-45-16-8-11(26-23-28-21(24)27-22(25)29-23)6-7-14(16)30-32-20(13-4-2-3-5-17(13)47(38,39)40)33-31-15-9-12(46(35,36)37)10-18(19(15)34)48(41,42)43/h2-10,31,34H,1H3,(H,35,36,37)(H,38,39,40)(H,41,42,43)(H3,25,26,27,28,29)/b32-30?,33-20-. The number of benzene rings is 3. The number of nitrogens with two attached hydrogens (primary N) is 1. The SMILES string of the molecule is COOc1cc(Nc2nc(N)nc(Cl)n2)ccc1N=N/C(=N\Nc1cc(S(=O)(=O)O)cc(S(=O)(=O)O)c1O)c1ccccc1S(=O)(=O)O. The molecule has 25 heteroatoms. The van der Waals surface area contributed by atoms with Gasteiger partial charge in [0, 0.05) is 17.3 Å². The predicted octanol–water partition coefficient (Wildman–Crippen LogP) is 2.79. The molecule has 3 aromatic carbocycles. The van der Waals surface area contributed by atoms with Crippen molar-refractivity contribution in [3.8, 4) is 11.5 Å². The fraction of sp³-hybridized carbons (Fsp3) is 0.0435. The summed E-state index contributed by atoms with van der Waals surface area (Å²) in [6.07, 6.45) is 0. The van der Waals surface area contributed by atoms with Gasteiger partial charge in [-0.15, -0.1) is 10.2 Å². The number of hydrazone groups is 1. The van der Waals surface area contributed by atoms with E-state index >= 15 is 0 Å². The maximum atomic E-state index is 12.1. The number of anilines is 4. The molecule has 21 nitrogen and oxygen atoms in total. The molecule has 0 aliphatic rings. The van der Waals surface area contributed by atoms with E-state index in [1.165, 1.54) is 37.4 Å². The number of hydrogen-bond donors (Lipinski definition) is 7. The first-order valence-corrected chi connectivity index (χ1v) is 17.0. The van der Waals surface area contributed by atoms with E-state index in [2.05, 4.69) is 41.0 Å². The number of nitrogens with zero attached hydrogens (tertiary/aromatic N) is 6. The number of hydrogen-bond acceptors (Lipinski definition) is 17. The molecule has 0 amide bonds. The van der Waals surface area contributed by atoms with E-state index < -0.39 is 67.9 Å². The zero-order valence-corrected chi connectivity index (χ0v) is 26.8. The summed E-state index contributed by atoms with van der Waals surface area (Å²) in [5, 5.41) is 24.7. The highest BCUT2D eigenvalue weighted by atomic mass is 35.5. The molecule has 0 saturated carbocycles. The highest BCUT2D eigenvalue weighted by Gasteiger charge is 2.25. The zero-order chi connectivity index (χ0) is 35.4. The Morgan fingerprint density at radius 2 is 1.58 bits per heavy atom. The fourth-order valence-electron chi connectivity index (χ4n) is 3.62. The summed E-state index contributed by atoms with van der Waals surface area (Å²) >= 11 is 5.80. The first-order valence-electron chi connectivity index (χ1n) is 12.3. The van der Waals surface area contributed by atoms with Crippen LogP contribution in [0.25, 0.3) is 0 Å². The third kappa shape index (κ3) is 8.83. The number of phenolic OH excluding ortho intramolecular Hbond substituents is 1. The normalized spacial score (nSPS) is 12.6. The van der Waals surface area contributed by atoms with E-state index in [4.69, 9.17) is 27.1 Å². The van der Waals surface area contributed by atoms with E-state index in [0.717, 1.165) is 12.1 Å². The molecule has 0 aliphatic heterocycles. The van der Waals surface area contributed by atoms with Crippen LogP contribution in [0.5, 0.6) is 11.5 Å². The summed E-state index contributed by atoms with van der Waals surface area (Å²) < 4.78 is 100. The largest absolute Gasteiger partial charge is 0.504 e. The molecule has 0 radical (unpaired) electrons. The molecule has 0 bridgehead atoms. The van der Waals surface area contributed by atoms with Gasteiger partial charge in [0.15, 0.2) is 11.5 Å². The van der Waals surface area contributed by atoms with Crippen LogP contribution in [-0.4, -0.2) is 71.9 Å². The van der Waals surface area contributed by atoms with Crippen LogP contribution in [0.3, 0.4) is 0 Å². The molecule has 48 heavy (non-hydrogen) atoms. The van der Waals surface area contributed by atoms with Gasteiger partial charge in [-0.05, 0) is 48.0 Å². The topological polar surface area (TPSA) is 328 Å². The van der Waals surface area contributed by atoms with Crippen molar-refractivity contribution in [3.63, 3.8) is 0 Å². The van der Waals surface area contributed by atoms with Crippen molar-refractivity contribution in [1.82, 2.24) is 15.0 Å². The van der Waals surface area contributed by atoms with Crippen LogP contribution >= 0.6 is 11.6 Å². The lowest BCUT2D eigenvalue weighted by Gasteiger charge is -2.11. The Labute approximate surface area is 275 Å². The summed E-state index contributed by atoms with van der Waals surface area (Å²) in [6.45, 7) is 0. The van der Waals surface area contributed by atoms with Gasteiger partial charge in [-0.1, -0.05) is 12.1 Å². The van der Waals surface area contributed by atoms with Gasteiger partial charge in [0.1, 0.15) is 21.2 Å². The van der Waals surface area contributed by atoms with Gasteiger partial charge >= 0.3 is 0 Å². The molecular weight excluding hydrogens is 726 g/mol. The number of azo groups is 1. The van der Waals surface area contributed by atoms with Gasteiger partial charge in [0.2, 0.25) is 23.0 Å². The average Bonchev–Trinajstić information content (AvgIpc) is 2.96. The minimum absolute atomic E-state index is 0.0361. The summed E-state index contributed by atoms with van der Waals surface area (Å²) in [5.41, 5.74) is 6.63. The number of aromatic nitrogens is 3. The quantitative estimate of drug-likeness (QED) is 0.0221. The zero-order valence-electron chi connectivity index (χ0n) is 23.6. The number of halogens is 1. The van der Waals surface area contributed by atoms with Gasteiger partial charge in [-0.25, -0.2) is 0 Å². The Hall–Kier alpha value is -5.08. The minimum atomic E-state index is -5.26. The van der Waals surface area contributed by atoms with Crippen LogP contribution in [-0.2, 0) is 35.2 Å². The highest BCUT2D eigenvalue weighted by molar-refractivity contribution is 7.86. The number of aromatic hydroxyl groups is 1. The Morgan fingerprint density at radius 1 is 0.896 bits per heavy atom. The summed E-state index contributed by atoms with van der Waals surface area (Å²) in [4.78, 5) is 18.1. The van der Waals surface area contributed by atoms with Crippen LogP contribution < -0.4 is 21.4 Å². The average molecular weight is 746 g/mol. The number of amidine groups is 1. The number of rotatable bonds is 11. The van der Waals surface area contributed by atoms with Crippen molar-refractivity contribution in [2.24, 2.45) is 15.3 Å². The smallest absolute Gasteiger partial charge is 0.298 e. The molecule has 4 rings (SSSR count). The summed E-state index contributed by atoms with van der Waals surface area (Å²) in [5.74, 6) is -2.24. The maximum Gasteiger partial charge on any atom is 0.298 e. The van der Waals surface area contributed by atoms with E-state index in [0.29, 0.717) is 11.8 Å². The highest BCUT2D eigenvalue weighted by Crippen LogP contribution is 2.35. The predicted molar refractivity (Wildman–Crippen MR) is 165 cm³/mol. The molecule has 0 atom stereocenters. The van der Waals surface area contributed by atoms with Crippen molar-refractivity contribution >= 4 is 76.7 Å². The Bertz CT molecular complexity index is 2270. The van der Waals surface area contributed by atoms with Crippen LogP contribution in [0.4, 0.5) is 29.0 Å². The molecule has 254 valence electrons. The molecular formula is C23H20ClN9O12S3. The lowest BCUT2D eigenvalue weighted by atomic mass is 10.2. The second kappa shape index (κ2) is 14.0. The Balaban J connectivity index is 1.84. The van der Waals surface area contributed by atoms with E-state index in [1.807, 2.05) is 0 Å². The van der Waals surface area contributed by atoms with E-state index in [-0.39, 0.29) is 34.7 Å². The number of nitrogen functional groups attached to an aromatic ring is 1. The molecule has 1 heterocycles. The van der Waals surface area contributed by atoms with Crippen molar-refractivity contribution in [3.05, 3.63) is 65.4 Å². The molecule has 0 aliphatic carbocycles. The van der Waals surface area contributed by atoms with Crippen LogP contribution in [0, 0.1) is 0 Å². The maximum absolute atomic E-state index is 12.1. The van der Waals surface area contributed by atoms with Crippen molar-refractivity contribution in [2.45, 2.75) is 14.7 Å². The fourth-order valence-corrected chi connectivity index (χ4v) is 5.71. The first-order chi connectivity index (χ1) is 22.4. The number of phenols is 1. The van der Waals surface area contributed by atoms with E-state index in [9.17, 15) is 44.0 Å². The minimum Gasteiger partial charge on any atom is -0.504 e. The van der Waals surface area contributed by atoms with Crippen LogP contribution in [0.15, 0.2) is 84.6 Å². The van der Waals surface area contributed by atoms with Crippen LogP contribution in [0.1, 0.15) is 5.56 Å². The monoisotopic (exact) mass is 745 g/mol. The second-order valence-corrected chi connectivity index (χ2v) is 13.4. The molecule has 0 spiro atoms. The summed E-state index contributed by atoms with van der Waals surface area (Å²) in [6, 6.07) is 9.57. The number of nitrogens with one attached hydrogen (secondary N) is 2. The van der Waals surface area contributed by atoms with Crippen molar-refractivity contribution < 1.29 is 53.8 Å². The van der Waals surface area contributed by atoms with E-state index in [1.54, 1.807) is 0 Å². The Morgan fingerprint density at radius 3 is 2.21 bits per heavy atom. The third-order valence-corrected chi connectivity index (χ3v) is 8.36. The lowest BCUT2D eigenvalue weighted by molar-refractivity contribution is -0.177. The van der Waals surface area contributed by atoms with Gasteiger partial charge in [0.05, 0.1) is 12.0 Å². The lowest BCUT2D eigenvalue weighted by Crippen LogP contribution is -2.10. The molecule has 0 unspecified atom stereocenters. The van der Waals surface area contributed by atoms with Crippen LogP contribution in [0.2, 0.25) is 5.28 Å². The molecule has 1 aromatic heterocycles. The summed E-state index contributed by atoms with van der Waals surface area (Å²) in [7, 11) is -14.1. The molecule has 4 aromatic rings. The third-order valence-electron chi connectivity index (χ3n) is 5.58.